The van der Waals surface area contributed by atoms with Crippen molar-refractivity contribution >= 4 is 22.7 Å². The summed E-state index contributed by atoms with van der Waals surface area (Å²) < 4.78 is 49.4. The molecular weight excluding hydrogens is 443 g/mol. The molecule has 33 heavy (non-hydrogen) atoms. The maximum absolute atomic E-state index is 14.0. The van der Waals surface area contributed by atoms with Crippen LogP contribution in [0.15, 0.2) is 42.6 Å². The zero-order valence-corrected chi connectivity index (χ0v) is 17.0. The lowest BCUT2D eigenvalue weighted by molar-refractivity contribution is -0.122. The molecular formula is C22H16F3N3O5. The number of ether oxygens (including phenoxy) is 2. The lowest BCUT2D eigenvalue weighted by atomic mass is 9.99. The van der Waals surface area contributed by atoms with E-state index in [0.29, 0.717) is 5.39 Å². The van der Waals surface area contributed by atoms with Crippen molar-refractivity contribution in [3.63, 3.8) is 0 Å². The van der Waals surface area contributed by atoms with Gasteiger partial charge in [0.15, 0.2) is 17.4 Å². The van der Waals surface area contributed by atoms with E-state index in [-0.39, 0.29) is 34.9 Å². The molecule has 0 bridgehead atoms. The van der Waals surface area contributed by atoms with Crippen molar-refractivity contribution in [3.05, 3.63) is 54.0 Å². The molecule has 170 valence electrons. The highest BCUT2D eigenvalue weighted by Crippen LogP contribution is 2.32. The zero-order valence-electron chi connectivity index (χ0n) is 17.0. The number of carbonyl (C=O) groups is 2. The smallest absolute Gasteiger partial charge is 0.387 e. The number of benzene rings is 2. The van der Waals surface area contributed by atoms with E-state index >= 15 is 0 Å². The molecule has 1 aromatic heterocycles. The van der Waals surface area contributed by atoms with Crippen molar-refractivity contribution in [1.29, 1.82) is 0 Å². The highest BCUT2D eigenvalue weighted by molar-refractivity contribution is 6.09. The van der Waals surface area contributed by atoms with Crippen LogP contribution >= 0.6 is 0 Å². The van der Waals surface area contributed by atoms with Crippen LogP contribution in [0.25, 0.3) is 10.8 Å². The number of rotatable bonds is 5. The number of hydrogen-bond acceptors (Lipinski definition) is 5. The third kappa shape index (κ3) is 4.23. The van der Waals surface area contributed by atoms with E-state index in [9.17, 15) is 27.9 Å². The van der Waals surface area contributed by atoms with Gasteiger partial charge in [-0.2, -0.15) is 8.78 Å². The number of halogens is 3. The van der Waals surface area contributed by atoms with Crippen LogP contribution in [0.5, 0.6) is 17.4 Å². The second-order valence-corrected chi connectivity index (χ2v) is 7.12. The van der Waals surface area contributed by atoms with Crippen molar-refractivity contribution in [3.8, 4) is 29.2 Å². The first-order chi connectivity index (χ1) is 15.7. The summed E-state index contributed by atoms with van der Waals surface area (Å²) in [7, 11) is 1.31. The molecule has 3 N–H and O–H groups in total. The Bertz CT molecular complexity index is 1330. The predicted molar refractivity (Wildman–Crippen MR) is 109 cm³/mol. The first-order valence-corrected chi connectivity index (χ1v) is 9.48. The van der Waals surface area contributed by atoms with Crippen LogP contribution in [0.1, 0.15) is 5.56 Å². The highest BCUT2D eigenvalue weighted by Gasteiger charge is 2.46. The zero-order chi connectivity index (χ0) is 23.8. The van der Waals surface area contributed by atoms with E-state index in [1.165, 1.54) is 48.2 Å². The summed E-state index contributed by atoms with van der Waals surface area (Å²) in [6.45, 7) is -3.35. The number of methoxy groups -OCH3 is 1. The minimum Gasteiger partial charge on any atom is -0.494 e. The lowest BCUT2D eigenvalue weighted by Gasteiger charge is -2.20. The normalized spacial score (nSPS) is 17.5. The van der Waals surface area contributed by atoms with E-state index in [0.717, 1.165) is 6.07 Å². The molecule has 1 aliphatic heterocycles. The van der Waals surface area contributed by atoms with E-state index in [1.807, 2.05) is 0 Å². The summed E-state index contributed by atoms with van der Waals surface area (Å²) >= 11 is 0. The van der Waals surface area contributed by atoms with Gasteiger partial charge >= 0.3 is 12.6 Å². The summed E-state index contributed by atoms with van der Waals surface area (Å²) in [5.74, 6) is 3.39. The van der Waals surface area contributed by atoms with Gasteiger partial charge in [-0.1, -0.05) is 11.8 Å². The van der Waals surface area contributed by atoms with Gasteiger partial charge in [-0.3, -0.25) is 10.1 Å². The van der Waals surface area contributed by atoms with Crippen molar-refractivity contribution in [2.75, 3.05) is 7.11 Å². The van der Waals surface area contributed by atoms with Gasteiger partial charge in [0.05, 0.1) is 13.7 Å². The molecule has 0 aliphatic carbocycles. The third-order valence-electron chi connectivity index (χ3n) is 4.98. The van der Waals surface area contributed by atoms with Crippen LogP contribution in [-0.4, -0.2) is 40.9 Å². The standard InChI is InChI=1S/C22H16F3N3O5/c1-32-17-5-2-12(8-16(17)23)6-7-22(19(30)26-21(31)27-22)11-28-10-13-3-4-14(33-20(24)25)9-15(13)18(28)29/h2-5,8-10,20,29H,11H2,1H3,(H2,26,27,30,31)/t22-/m1/s1. The van der Waals surface area contributed by atoms with Gasteiger partial charge in [0.1, 0.15) is 5.75 Å². The Labute approximate surface area is 184 Å². The maximum Gasteiger partial charge on any atom is 0.387 e. The molecule has 3 amide bonds. The average Bonchev–Trinajstić information content (AvgIpc) is 3.21. The minimum atomic E-state index is -3.04. The quantitative estimate of drug-likeness (QED) is 0.402. The molecule has 0 spiro atoms. The number of nitrogens with one attached hydrogen (secondary N) is 2. The molecule has 1 saturated heterocycles. The Morgan fingerprint density at radius 2 is 2.00 bits per heavy atom. The second kappa shape index (κ2) is 8.31. The van der Waals surface area contributed by atoms with Crippen LogP contribution in [0, 0.1) is 17.7 Å². The van der Waals surface area contributed by atoms with Gasteiger partial charge in [-0.25, -0.2) is 9.18 Å². The summed E-state index contributed by atoms with van der Waals surface area (Å²) in [4.78, 5) is 24.5. The lowest BCUT2D eigenvalue weighted by Crippen LogP contribution is -2.49. The Morgan fingerprint density at radius 1 is 1.21 bits per heavy atom. The van der Waals surface area contributed by atoms with Gasteiger partial charge in [0.25, 0.3) is 5.91 Å². The van der Waals surface area contributed by atoms with Crippen LogP contribution < -0.4 is 20.1 Å². The summed E-state index contributed by atoms with van der Waals surface area (Å²) in [6.07, 6.45) is 1.46. The van der Waals surface area contributed by atoms with Crippen LogP contribution in [0.2, 0.25) is 0 Å². The number of aromatic hydroxyl groups is 1. The molecule has 2 aromatic carbocycles. The number of alkyl halides is 2. The van der Waals surface area contributed by atoms with Crippen LogP contribution in [0.4, 0.5) is 18.0 Å². The minimum absolute atomic E-state index is 0.0151. The Morgan fingerprint density at radius 3 is 2.64 bits per heavy atom. The molecule has 1 aliphatic rings. The fourth-order valence-electron chi connectivity index (χ4n) is 3.43. The molecule has 1 atom stereocenters. The predicted octanol–water partition coefficient (Wildman–Crippen LogP) is 2.73. The number of hydrogen-bond donors (Lipinski definition) is 3. The summed E-state index contributed by atoms with van der Waals surface area (Å²) in [6, 6.07) is 7.13. The molecule has 0 radical (unpaired) electrons. The fraction of sp³-hybridized carbons (Fsp3) is 0.182. The molecule has 2 heterocycles. The Hall–Kier alpha value is -4.33. The van der Waals surface area contributed by atoms with Gasteiger partial charge in [0.2, 0.25) is 5.54 Å². The van der Waals surface area contributed by atoms with E-state index in [2.05, 4.69) is 27.2 Å². The number of fused-ring (bicyclic) bond motifs is 1. The van der Waals surface area contributed by atoms with E-state index in [1.54, 1.807) is 0 Å². The summed E-state index contributed by atoms with van der Waals surface area (Å²) in [5, 5.41) is 15.8. The van der Waals surface area contributed by atoms with Crippen molar-refractivity contribution < 1.29 is 37.3 Å². The number of nitrogens with zero attached hydrogens (tertiary/aromatic N) is 1. The van der Waals surface area contributed by atoms with Gasteiger partial charge in [-0.15, -0.1) is 0 Å². The van der Waals surface area contributed by atoms with Crippen molar-refractivity contribution in [2.24, 2.45) is 0 Å². The number of carbonyl (C=O) groups excluding carboxylic acids is 2. The van der Waals surface area contributed by atoms with Crippen molar-refractivity contribution in [1.82, 2.24) is 15.2 Å². The monoisotopic (exact) mass is 459 g/mol. The van der Waals surface area contributed by atoms with Gasteiger partial charge in [0, 0.05) is 22.5 Å². The highest BCUT2D eigenvalue weighted by atomic mass is 19.3. The molecule has 11 heteroatoms. The third-order valence-corrected chi connectivity index (χ3v) is 4.98. The first kappa shape index (κ1) is 21.9. The van der Waals surface area contributed by atoms with Gasteiger partial charge < -0.3 is 24.5 Å². The van der Waals surface area contributed by atoms with Crippen LogP contribution in [-0.2, 0) is 11.3 Å². The molecule has 0 unspecified atom stereocenters. The number of urea groups is 1. The molecule has 1 fully saturated rings. The number of amides is 3. The molecule has 3 aromatic rings. The molecule has 8 nitrogen and oxygen atoms in total. The number of imide groups is 1. The average molecular weight is 459 g/mol. The van der Waals surface area contributed by atoms with Crippen LogP contribution in [0.3, 0.4) is 0 Å². The Kier molecular flexibility index (Phi) is 5.51. The topological polar surface area (TPSA) is 102 Å². The summed E-state index contributed by atoms with van der Waals surface area (Å²) in [5.41, 5.74) is -1.57. The van der Waals surface area contributed by atoms with Gasteiger partial charge in [-0.05, 0) is 36.4 Å². The van der Waals surface area contributed by atoms with E-state index in [4.69, 9.17) is 4.74 Å². The first-order valence-electron chi connectivity index (χ1n) is 9.48. The van der Waals surface area contributed by atoms with E-state index < -0.39 is 29.9 Å². The molecule has 0 saturated carbocycles. The fourth-order valence-corrected chi connectivity index (χ4v) is 3.43. The largest absolute Gasteiger partial charge is 0.494 e. The molecule has 4 rings (SSSR count). The maximum atomic E-state index is 14.0. The second-order valence-electron chi connectivity index (χ2n) is 7.12. The van der Waals surface area contributed by atoms with Crippen molar-refractivity contribution in [2.45, 2.75) is 18.7 Å². The number of aromatic nitrogens is 1. The Balaban J connectivity index is 1.72. The SMILES string of the molecule is COc1ccc(C#C[C@]2(Cn3cc4ccc(OC(F)F)cc4c3O)NC(=O)NC2=O)cc1F.